The minimum Gasteiger partial charge on any atom is -0.457 e. The Balaban J connectivity index is 1.31. The van der Waals surface area contributed by atoms with Crippen LogP contribution >= 0.6 is 23.4 Å². The molecule has 0 aliphatic carbocycles. The standard InChI is InChI=1S/C37H26ClN3O3S/c38-27-19-20-34-31(23-27)33-24-32(26-12-4-1-5-13-26)39-41(33)37(44-34)35(45-36(42)40(37)28-14-6-2-7-15-28)22-25-11-10-18-30(21-25)43-29-16-8-3-9-17-29/h1-23,33H,24H2/b35-22-. The highest BCUT2D eigenvalue weighted by Crippen LogP contribution is 2.57. The lowest BCUT2D eigenvalue weighted by Gasteiger charge is -2.49. The van der Waals surface area contributed by atoms with Crippen molar-refractivity contribution in [3.63, 3.8) is 0 Å². The van der Waals surface area contributed by atoms with E-state index in [1.54, 1.807) is 4.90 Å². The monoisotopic (exact) mass is 627 g/mol. The Labute approximate surface area is 270 Å². The maximum Gasteiger partial charge on any atom is 0.321 e. The summed E-state index contributed by atoms with van der Waals surface area (Å²) in [7, 11) is 0. The first-order valence-electron chi connectivity index (χ1n) is 14.6. The van der Waals surface area contributed by atoms with E-state index in [0.29, 0.717) is 33.5 Å². The quantitative estimate of drug-likeness (QED) is 0.194. The molecular weight excluding hydrogens is 602 g/mol. The van der Waals surface area contributed by atoms with Crippen molar-refractivity contribution in [2.75, 3.05) is 4.90 Å². The molecule has 8 heteroatoms. The summed E-state index contributed by atoms with van der Waals surface area (Å²) < 4.78 is 13.2. The molecule has 3 aliphatic heterocycles. The van der Waals surface area contributed by atoms with Crippen LogP contribution in [0.1, 0.15) is 29.2 Å². The van der Waals surface area contributed by atoms with Crippen molar-refractivity contribution in [3.05, 3.63) is 160 Å². The summed E-state index contributed by atoms with van der Waals surface area (Å²) in [6.07, 6.45) is 2.62. The van der Waals surface area contributed by atoms with Crippen molar-refractivity contribution in [2.24, 2.45) is 5.10 Å². The summed E-state index contributed by atoms with van der Waals surface area (Å²) in [5.74, 6) is 0.704. The van der Waals surface area contributed by atoms with Crippen LogP contribution in [0.4, 0.5) is 10.5 Å². The molecule has 3 aliphatic rings. The van der Waals surface area contributed by atoms with Crippen LogP contribution in [0.2, 0.25) is 5.02 Å². The lowest BCUT2D eigenvalue weighted by molar-refractivity contribution is -0.0763. The van der Waals surface area contributed by atoms with Gasteiger partial charge < -0.3 is 9.47 Å². The van der Waals surface area contributed by atoms with Crippen LogP contribution in [0.25, 0.3) is 6.08 Å². The summed E-state index contributed by atoms with van der Waals surface area (Å²) in [5.41, 5.74) is 4.43. The topological polar surface area (TPSA) is 54.4 Å². The highest BCUT2D eigenvalue weighted by molar-refractivity contribution is 8.17. The number of fused-ring (bicyclic) bond motifs is 4. The van der Waals surface area contributed by atoms with Crippen molar-refractivity contribution >= 4 is 46.1 Å². The second-order valence-corrected chi connectivity index (χ2v) is 12.3. The van der Waals surface area contributed by atoms with Crippen LogP contribution in [-0.2, 0) is 0 Å². The fourth-order valence-corrected chi connectivity index (χ4v) is 7.33. The summed E-state index contributed by atoms with van der Waals surface area (Å²) in [5, 5.41) is 7.63. The summed E-state index contributed by atoms with van der Waals surface area (Å²) in [4.78, 5) is 16.5. The Kier molecular flexibility index (Phi) is 6.85. The van der Waals surface area contributed by atoms with E-state index in [-0.39, 0.29) is 11.3 Å². The second-order valence-electron chi connectivity index (χ2n) is 10.9. The molecule has 8 rings (SSSR count). The number of hydrogen-bond acceptors (Lipinski definition) is 6. The van der Waals surface area contributed by atoms with Gasteiger partial charge in [-0.3, -0.25) is 4.79 Å². The number of rotatable bonds is 5. The molecule has 220 valence electrons. The van der Waals surface area contributed by atoms with Gasteiger partial charge >= 0.3 is 5.85 Å². The number of para-hydroxylation sites is 2. The number of thioether (sulfide) groups is 1. The predicted molar refractivity (Wildman–Crippen MR) is 180 cm³/mol. The van der Waals surface area contributed by atoms with E-state index in [4.69, 9.17) is 26.2 Å². The van der Waals surface area contributed by atoms with Gasteiger partial charge in [0.15, 0.2) is 0 Å². The van der Waals surface area contributed by atoms with Crippen molar-refractivity contribution < 1.29 is 14.3 Å². The highest BCUT2D eigenvalue weighted by atomic mass is 35.5. The lowest BCUT2D eigenvalue weighted by atomic mass is 9.95. The maximum atomic E-state index is 14.1. The molecule has 45 heavy (non-hydrogen) atoms. The van der Waals surface area contributed by atoms with Gasteiger partial charge in [0.2, 0.25) is 0 Å². The second kappa shape index (κ2) is 11.2. The van der Waals surface area contributed by atoms with E-state index in [1.165, 1.54) is 0 Å². The third kappa shape index (κ3) is 4.85. The molecule has 1 amide bonds. The molecule has 5 aromatic rings. The first-order valence-corrected chi connectivity index (χ1v) is 15.8. The van der Waals surface area contributed by atoms with Gasteiger partial charge in [0.25, 0.3) is 5.24 Å². The Hall–Kier alpha value is -4.98. The van der Waals surface area contributed by atoms with Crippen LogP contribution in [0.5, 0.6) is 17.2 Å². The van der Waals surface area contributed by atoms with Crippen molar-refractivity contribution in [2.45, 2.75) is 18.3 Å². The Bertz CT molecular complexity index is 1970. The van der Waals surface area contributed by atoms with Crippen molar-refractivity contribution in [1.82, 2.24) is 5.01 Å². The van der Waals surface area contributed by atoms with Crippen LogP contribution < -0.4 is 14.4 Å². The molecule has 2 unspecified atom stereocenters. The minimum atomic E-state index is -1.39. The predicted octanol–water partition coefficient (Wildman–Crippen LogP) is 9.74. The first-order chi connectivity index (χ1) is 22.1. The number of halogens is 1. The zero-order valence-corrected chi connectivity index (χ0v) is 25.5. The van der Waals surface area contributed by atoms with Crippen LogP contribution in [0.3, 0.4) is 0 Å². The van der Waals surface area contributed by atoms with E-state index in [1.807, 2.05) is 132 Å². The maximum absolute atomic E-state index is 14.1. The summed E-state index contributed by atoms with van der Waals surface area (Å²) >= 11 is 7.67. The number of hydrogen-bond donors (Lipinski definition) is 0. The van der Waals surface area contributed by atoms with Gasteiger partial charge in [-0.15, -0.1) is 0 Å². The van der Waals surface area contributed by atoms with Gasteiger partial charge in [0.05, 0.1) is 22.3 Å². The van der Waals surface area contributed by atoms with Crippen molar-refractivity contribution in [3.8, 4) is 17.2 Å². The van der Waals surface area contributed by atoms with E-state index in [2.05, 4.69) is 12.1 Å². The zero-order valence-electron chi connectivity index (χ0n) is 23.9. The lowest BCUT2D eigenvalue weighted by Crippen LogP contribution is -2.63. The molecule has 1 saturated heterocycles. The summed E-state index contributed by atoms with van der Waals surface area (Å²) in [6, 6.07) is 42.6. The van der Waals surface area contributed by atoms with Gasteiger partial charge in [-0.25, -0.2) is 9.91 Å². The number of carbonyl (C=O) groups is 1. The molecule has 5 aromatic carbocycles. The number of amides is 1. The Morgan fingerprint density at radius 2 is 1.56 bits per heavy atom. The fraction of sp³-hybridized carbons (Fsp3) is 0.0811. The number of benzene rings is 5. The number of carbonyl (C=O) groups excluding carboxylic acids is 1. The molecular formula is C37H26ClN3O3S. The Morgan fingerprint density at radius 3 is 2.33 bits per heavy atom. The molecule has 0 N–H and O–H groups in total. The van der Waals surface area contributed by atoms with E-state index in [9.17, 15) is 4.79 Å². The smallest absolute Gasteiger partial charge is 0.321 e. The number of anilines is 1. The molecule has 1 fully saturated rings. The Morgan fingerprint density at radius 1 is 0.844 bits per heavy atom. The molecule has 2 atom stereocenters. The van der Waals surface area contributed by atoms with Gasteiger partial charge in [0, 0.05) is 17.0 Å². The van der Waals surface area contributed by atoms with Crippen molar-refractivity contribution in [1.29, 1.82) is 0 Å². The first kappa shape index (κ1) is 27.6. The van der Waals surface area contributed by atoms with E-state index in [0.717, 1.165) is 39.9 Å². The minimum absolute atomic E-state index is 0.163. The van der Waals surface area contributed by atoms with E-state index < -0.39 is 5.85 Å². The SMILES string of the molecule is O=C1S/C(=C\c2cccc(Oc3ccccc3)c2)C2(Oc3ccc(Cl)cc3C3CC(c4ccccc4)=NN32)N1c1ccccc1. The van der Waals surface area contributed by atoms with E-state index >= 15 is 0 Å². The molecule has 0 radical (unpaired) electrons. The van der Waals surface area contributed by atoms with Gasteiger partial charge in [0.1, 0.15) is 17.2 Å². The molecule has 0 bridgehead atoms. The zero-order chi connectivity index (χ0) is 30.4. The average molecular weight is 628 g/mol. The highest BCUT2D eigenvalue weighted by Gasteiger charge is 2.63. The third-order valence-corrected chi connectivity index (χ3v) is 9.26. The molecule has 0 aromatic heterocycles. The van der Waals surface area contributed by atoms with Crippen LogP contribution in [0, 0.1) is 0 Å². The average Bonchev–Trinajstić information content (AvgIpc) is 3.63. The van der Waals surface area contributed by atoms with Gasteiger partial charge in [-0.1, -0.05) is 90.5 Å². The molecule has 0 saturated carbocycles. The normalized spacial score (nSPS) is 21.0. The van der Waals surface area contributed by atoms with Crippen LogP contribution in [-0.4, -0.2) is 21.8 Å². The van der Waals surface area contributed by atoms with Gasteiger partial charge in [-0.2, -0.15) is 5.10 Å². The number of nitrogens with zero attached hydrogens (tertiary/aromatic N) is 3. The molecule has 1 spiro atoms. The van der Waals surface area contributed by atoms with Gasteiger partial charge in [-0.05, 0) is 83.6 Å². The number of ether oxygens (including phenoxy) is 2. The fourth-order valence-electron chi connectivity index (χ4n) is 6.09. The van der Waals surface area contributed by atoms with Crippen LogP contribution in [0.15, 0.2) is 143 Å². The summed E-state index contributed by atoms with van der Waals surface area (Å²) in [6.45, 7) is 0. The number of hydrazone groups is 1. The largest absolute Gasteiger partial charge is 0.457 e. The third-order valence-electron chi connectivity index (χ3n) is 8.06. The molecule has 3 heterocycles. The molecule has 6 nitrogen and oxygen atoms in total.